The zero-order valence-electron chi connectivity index (χ0n) is 14.3. The van der Waals surface area contributed by atoms with Gasteiger partial charge in [-0.3, -0.25) is 18.9 Å². The number of fused-ring (bicyclic) bond motifs is 1. The molecule has 1 saturated heterocycles. The number of para-hydroxylation sites is 1. The van der Waals surface area contributed by atoms with Crippen LogP contribution in [0.1, 0.15) is 18.5 Å². The molecule has 0 bridgehead atoms. The molecule has 4 rings (SSSR count). The average Bonchev–Trinajstić information content (AvgIpc) is 3.12. The van der Waals surface area contributed by atoms with Crippen LogP contribution in [0, 0.1) is 5.92 Å². The van der Waals surface area contributed by atoms with E-state index in [9.17, 15) is 9.59 Å². The van der Waals surface area contributed by atoms with Gasteiger partial charge in [-0.1, -0.05) is 18.2 Å². The summed E-state index contributed by atoms with van der Waals surface area (Å²) in [7, 11) is 0. The van der Waals surface area contributed by atoms with Crippen LogP contribution in [0.15, 0.2) is 52.8 Å². The number of aromatic nitrogens is 2. The van der Waals surface area contributed by atoms with Gasteiger partial charge >= 0.3 is 0 Å². The van der Waals surface area contributed by atoms with Crippen LogP contribution in [0.5, 0.6) is 0 Å². The lowest BCUT2D eigenvalue weighted by Crippen LogP contribution is -2.40. The molecule has 1 N–H and O–H groups in total. The minimum atomic E-state index is -0.0540. The van der Waals surface area contributed by atoms with E-state index in [0.29, 0.717) is 18.1 Å². The van der Waals surface area contributed by atoms with Crippen LogP contribution in [0.4, 0.5) is 5.69 Å². The quantitative estimate of drug-likeness (QED) is 0.769. The van der Waals surface area contributed by atoms with Crippen molar-refractivity contribution in [1.82, 2.24) is 14.3 Å². The van der Waals surface area contributed by atoms with Crippen molar-refractivity contribution in [2.75, 3.05) is 18.4 Å². The van der Waals surface area contributed by atoms with Crippen molar-refractivity contribution in [1.29, 1.82) is 0 Å². The summed E-state index contributed by atoms with van der Waals surface area (Å²) in [6.45, 7) is 2.20. The first-order valence-corrected chi connectivity index (χ1v) is 9.61. The number of benzene rings is 1. The third-order valence-electron chi connectivity index (χ3n) is 4.66. The number of amides is 1. The van der Waals surface area contributed by atoms with E-state index in [2.05, 4.69) is 15.2 Å². The Balaban J connectivity index is 1.42. The van der Waals surface area contributed by atoms with Crippen molar-refractivity contribution >= 4 is 27.9 Å². The number of rotatable bonds is 4. The molecular weight excluding hydrogens is 348 g/mol. The van der Waals surface area contributed by atoms with Gasteiger partial charge < -0.3 is 5.32 Å². The van der Waals surface area contributed by atoms with E-state index in [1.54, 1.807) is 16.7 Å². The smallest absolute Gasteiger partial charge is 0.258 e. The fraction of sp³-hybridized carbons (Fsp3) is 0.316. The van der Waals surface area contributed by atoms with Gasteiger partial charge in [-0.05, 0) is 31.5 Å². The molecule has 1 aliphatic rings. The molecule has 2 aromatic heterocycles. The maximum absolute atomic E-state index is 12.6. The third-order valence-corrected chi connectivity index (χ3v) is 5.42. The number of piperidine rings is 1. The summed E-state index contributed by atoms with van der Waals surface area (Å²) in [4.78, 5) is 32.2. The molecule has 1 atom stereocenters. The van der Waals surface area contributed by atoms with E-state index >= 15 is 0 Å². The summed E-state index contributed by atoms with van der Waals surface area (Å²) in [5.41, 5.74) is 1.54. The molecule has 0 aliphatic carbocycles. The van der Waals surface area contributed by atoms with Gasteiger partial charge in [0.25, 0.3) is 5.56 Å². The summed E-state index contributed by atoms with van der Waals surface area (Å²) in [5.74, 6) is 0.0122. The molecule has 7 heteroatoms. The largest absolute Gasteiger partial charge is 0.326 e. The second-order valence-electron chi connectivity index (χ2n) is 6.57. The van der Waals surface area contributed by atoms with Crippen molar-refractivity contribution < 1.29 is 4.79 Å². The van der Waals surface area contributed by atoms with Crippen LogP contribution >= 0.6 is 11.3 Å². The number of nitrogens with one attached hydrogen (secondary N) is 1. The highest BCUT2D eigenvalue weighted by atomic mass is 32.1. The first-order valence-electron chi connectivity index (χ1n) is 8.73. The Bertz CT molecular complexity index is 966. The van der Waals surface area contributed by atoms with Crippen LogP contribution in [-0.2, 0) is 11.3 Å². The van der Waals surface area contributed by atoms with Crippen molar-refractivity contribution in [3.8, 4) is 0 Å². The lowest BCUT2D eigenvalue weighted by Gasteiger charge is -2.31. The van der Waals surface area contributed by atoms with Crippen molar-refractivity contribution in [2.45, 2.75) is 19.4 Å². The van der Waals surface area contributed by atoms with Gasteiger partial charge in [0.15, 0.2) is 4.96 Å². The fourth-order valence-electron chi connectivity index (χ4n) is 3.38. The number of hydrogen-bond donors (Lipinski definition) is 1. The van der Waals surface area contributed by atoms with Crippen molar-refractivity contribution in [2.24, 2.45) is 5.92 Å². The molecule has 3 aromatic rings. The molecule has 0 saturated carbocycles. The first kappa shape index (κ1) is 16.9. The van der Waals surface area contributed by atoms with Gasteiger partial charge in [0.2, 0.25) is 5.91 Å². The van der Waals surface area contributed by atoms with E-state index in [-0.39, 0.29) is 17.4 Å². The second kappa shape index (κ2) is 7.39. The van der Waals surface area contributed by atoms with Crippen molar-refractivity contribution in [3.05, 3.63) is 64.0 Å². The highest BCUT2D eigenvalue weighted by Crippen LogP contribution is 2.20. The van der Waals surface area contributed by atoms with E-state index in [1.165, 1.54) is 11.3 Å². The van der Waals surface area contributed by atoms with E-state index in [0.717, 1.165) is 30.8 Å². The van der Waals surface area contributed by atoms with Crippen LogP contribution < -0.4 is 10.9 Å². The molecular formula is C19H20N4O2S. The Kier molecular flexibility index (Phi) is 4.81. The number of anilines is 1. The third kappa shape index (κ3) is 3.68. The Morgan fingerprint density at radius 1 is 1.31 bits per heavy atom. The summed E-state index contributed by atoms with van der Waals surface area (Å²) < 4.78 is 1.56. The molecule has 1 unspecified atom stereocenters. The number of carbonyl (C=O) groups is 1. The number of hydrogen-bond acceptors (Lipinski definition) is 5. The minimum Gasteiger partial charge on any atom is -0.326 e. The molecule has 0 radical (unpaired) electrons. The van der Waals surface area contributed by atoms with E-state index < -0.39 is 0 Å². The van der Waals surface area contributed by atoms with E-state index in [1.807, 2.05) is 35.7 Å². The average molecular weight is 368 g/mol. The highest BCUT2D eigenvalue weighted by molar-refractivity contribution is 7.15. The van der Waals surface area contributed by atoms with Crippen molar-refractivity contribution in [3.63, 3.8) is 0 Å². The molecule has 3 heterocycles. The molecule has 1 fully saturated rings. The monoisotopic (exact) mass is 368 g/mol. The topological polar surface area (TPSA) is 66.7 Å². The summed E-state index contributed by atoms with van der Waals surface area (Å²) in [5, 5.41) is 4.85. The molecule has 1 amide bonds. The maximum atomic E-state index is 12.6. The van der Waals surface area contributed by atoms with Gasteiger partial charge in [-0.2, -0.15) is 0 Å². The Morgan fingerprint density at radius 2 is 2.15 bits per heavy atom. The number of likely N-dealkylation sites (tertiary alicyclic amines) is 1. The maximum Gasteiger partial charge on any atom is 0.258 e. The summed E-state index contributed by atoms with van der Waals surface area (Å²) in [6, 6.07) is 11.1. The van der Waals surface area contributed by atoms with Gasteiger partial charge in [0, 0.05) is 36.4 Å². The Hall–Kier alpha value is -2.51. The summed E-state index contributed by atoms with van der Waals surface area (Å²) in [6.07, 6.45) is 3.59. The molecule has 26 heavy (non-hydrogen) atoms. The second-order valence-corrected chi connectivity index (χ2v) is 7.44. The Labute approximate surface area is 155 Å². The summed E-state index contributed by atoms with van der Waals surface area (Å²) >= 11 is 1.45. The molecule has 0 spiro atoms. The fourth-order valence-corrected chi connectivity index (χ4v) is 4.12. The van der Waals surface area contributed by atoms with Gasteiger partial charge in [-0.25, -0.2) is 4.98 Å². The van der Waals surface area contributed by atoms with Crippen LogP contribution in [-0.4, -0.2) is 33.3 Å². The normalized spacial score (nSPS) is 18.1. The first-order chi connectivity index (χ1) is 12.7. The van der Waals surface area contributed by atoms with Gasteiger partial charge in [0.05, 0.1) is 11.6 Å². The zero-order valence-corrected chi connectivity index (χ0v) is 15.1. The minimum absolute atomic E-state index is 0.0458. The number of thiazole rings is 1. The molecule has 6 nitrogen and oxygen atoms in total. The lowest BCUT2D eigenvalue weighted by molar-refractivity contribution is -0.121. The SMILES string of the molecule is O=C(Nc1ccccc1)C1CCCN(Cc2cc(=O)n3ccsc3n2)C1. The van der Waals surface area contributed by atoms with Crippen LogP contribution in [0.2, 0.25) is 0 Å². The number of carbonyl (C=O) groups excluding carboxylic acids is 1. The van der Waals surface area contributed by atoms with Crippen LogP contribution in [0.25, 0.3) is 4.96 Å². The van der Waals surface area contributed by atoms with Gasteiger partial charge in [0.1, 0.15) is 0 Å². The number of nitrogens with zero attached hydrogens (tertiary/aromatic N) is 3. The standard InChI is InChI=1S/C19H20N4O2S/c24-17-11-16(21-19-23(17)9-10-26-19)13-22-8-4-5-14(12-22)18(25)20-15-6-2-1-3-7-15/h1-3,6-7,9-11,14H,4-5,8,12-13H2,(H,20,25). The molecule has 134 valence electrons. The van der Waals surface area contributed by atoms with Gasteiger partial charge in [-0.15, -0.1) is 11.3 Å². The predicted molar refractivity (Wildman–Crippen MR) is 102 cm³/mol. The highest BCUT2D eigenvalue weighted by Gasteiger charge is 2.26. The Morgan fingerprint density at radius 3 is 3.00 bits per heavy atom. The lowest BCUT2D eigenvalue weighted by atomic mass is 9.97. The molecule has 1 aromatic carbocycles. The van der Waals surface area contributed by atoms with E-state index in [4.69, 9.17) is 0 Å². The van der Waals surface area contributed by atoms with Crippen LogP contribution in [0.3, 0.4) is 0 Å². The zero-order chi connectivity index (χ0) is 17.9. The predicted octanol–water partition coefficient (Wildman–Crippen LogP) is 2.61. The molecule has 1 aliphatic heterocycles.